The zero-order valence-electron chi connectivity index (χ0n) is 12.5. The van der Waals surface area contributed by atoms with Gasteiger partial charge in [-0.2, -0.15) is 0 Å². The number of carboxylic acids is 1. The lowest BCUT2D eigenvalue weighted by atomic mass is 9.97. The topological polar surface area (TPSA) is 70.8 Å². The van der Waals surface area contributed by atoms with Gasteiger partial charge in [0.1, 0.15) is 5.82 Å². The zero-order chi connectivity index (χ0) is 16.6. The molecule has 1 fully saturated rings. The molecule has 0 saturated carbocycles. The fourth-order valence-electron chi connectivity index (χ4n) is 3.00. The van der Waals surface area contributed by atoms with Crippen LogP contribution in [0.2, 0.25) is 0 Å². The molecule has 1 aromatic carbocycles. The van der Waals surface area contributed by atoms with E-state index in [2.05, 4.69) is 0 Å². The largest absolute Gasteiger partial charge is 0.475 e. The molecule has 3 rings (SSSR count). The van der Waals surface area contributed by atoms with Crippen molar-refractivity contribution >= 4 is 11.9 Å². The molecule has 120 valence electrons. The summed E-state index contributed by atoms with van der Waals surface area (Å²) < 4.78 is 18.1. The molecular weight excluding hydrogens is 301 g/mol. The highest BCUT2D eigenvalue weighted by Crippen LogP contribution is 2.32. The third-order valence-electron chi connectivity index (χ3n) is 4.20. The molecule has 2 atom stereocenters. The standard InChI is InChI=1S/C17H16FNO4/c1-10-8-12(11-2-4-13(18)5-3-11)9-19(10)16(20)14-6-7-15(23-14)17(21)22/h2-7,10,12H,8-9H2,1H3,(H,21,22)/t10-,12+/m0/s1. The summed E-state index contributed by atoms with van der Waals surface area (Å²) in [7, 11) is 0. The molecule has 2 heterocycles. The SMILES string of the molecule is C[C@H]1C[C@@H](c2ccc(F)cc2)CN1C(=O)c1ccc(C(=O)O)o1. The van der Waals surface area contributed by atoms with Gasteiger partial charge in [0.05, 0.1) is 0 Å². The van der Waals surface area contributed by atoms with E-state index >= 15 is 0 Å². The van der Waals surface area contributed by atoms with E-state index in [1.807, 2.05) is 6.92 Å². The third kappa shape index (κ3) is 2.97. The van der Waals surface area contributed by atoms with Gasteiger partial charge in [-0.25, -0.2) is 9.18 Å². The number of halogens is 1. The van der Waals surface area contributed by atoms with Gasteiger partial charge in [0, 0.05) is 18.5 Å². The summed E-state index contributed by atoms with van der Waals surface area (Å²) in [6, 6.07) is 8.94. The lowest BCUT2D eigenvalue weighted by Gasteiger charge is -2.20. The predicted octanol–water partition coefficient (Wildman–Crippen LogP) is 3.14. The fraction of sp³-hybridized carbons (Fsp3) is 0.294. The Bertz CT molecular complexity index is 737. The molecule has 2 aromatic rings. The average molecular weight is 317 g/mol. The number of nitrogens with zero attached hydrogens (tertiary/aromatic N) is 1. The van der Waals surface area contributed by atoms with Crippen LogP contribution < -0.4 is 0 Å². The summed E-state index contributed by atoms with van der Waals surface area (Å²) in [4.78, 5) is 25.0. The number of hydrogen-bond donors (Lipinski definition) is 1. The van der Waals surface area contributed by atoms with E-state index in [1.165, 1.54) is 24.3 Å². The summed E-state index contributed by atoms with van der Waals surface area (Å²) in [6.07, 6.45) is 0.768. The summed E-state index contributed by atoms with van der Waals surface area (Å²) in [5.74, 6) is -1.92. The highest BCUT2D eigenvalue weighted by Gasteiger charge is 2.35. The van der Waals surface area contributed by atoms with Crippen LogP contribution in [-0.2, 0) is 0 Å². The van der Waals surface area contributed by atoms with Gasteiger partial charge in [0.2, 0.25) is 5.76 Å². The average Bonchev–Trinajstić information content (AvgIpc) is 3.14. The molecule has 1 aliphatic heterocycles. The van der Waals surface area contributed by atoms with E-state index in [0.717, 1.165) is 12.0 Å². The van der Waals surface area contributed by atoms with E-state index in [1.54, 1.807) is 17.0 Å². The van der Waals surface area contributed by atoms with Crippen molar-refractivity contribution in [2.75, 3.05) is 6.54 Å². The van der Waals surface area contributed by atoms with Gasteiger partial charge in [-0.3, -0.25) is 4.79 Å². The smallest absolute Gasteiger partial charge is 0.371 e. The Balaban J connectivity index is 1.76. The highest BCUT2D eigenvalue weighted by atomic mass is 19.1. The minimum absolute atomic E-state index is 0.00377. The zero-order valence-corrected chi connectivity index (χ0v) is 12.5. The van der Waals surface area contributed by atoms with Crippen molar-refractivity contribution in [3.8, 4) is 0 Å². The van der Waals surface area contributed by atoms with Gasteiger partial charge in [-0.15, -0.1) is 0 Å². The molecule has 1 amide bonds. The number of amides is 1. The van der Waals surface area contributed by atoms with Crippen LogP contribution in [0.3, 0.4) is 0 Å². The second kappa shape index (κ2) is 5.87. The Hall–Kier alpha value is -2.63. The second-order valence-corrected chi connectivity index (χ2v) is 5.76. The van der Waals surface area contributed by atoms with E-state index < -0.39 is 5.97 Å². The summed E-state index contributed by atoms with van der Waals surface area (Å²) in [5.41, 5.74) is 0.985. The minimum Gasteiger partial charge on any atom is -0.475 e. The number of hydrogen-bond acceptors (Lipinski definition) is 3. The summed E-state index contributed by atoms with van der Waals surface area (Å²) in [5, 5.41) is 8.86. The molecule has 1 aliphatic rings. The number of benzene rings is 1. The molecule has 0 unspecified atom stereocenters. The van der Waals surface area contributed by atoms with Crippen LogP contribution in [0.15, 0.2) is 40.8 Å². The van der Waals surface area contributed by atoms with Gasteiger partial charge < -0.3 is 14.4 Å². The summed E-state index contributed by atoms with van der Waals surface area (Å²) in [6.45, 7) is 2.43. The molecule has 0 aliphatic carbocycles. The molecule has 1 aromatic heterocycles. The Labute approximate surface area is 132 Å². The first kappa shape index (κ1) is 15.3. The number of furan rings is 1. The van der Waals surface area contributed by atoms with Crippen molar-refractivity contribution in [2.24, 2.45) is 0 Å². The summed E-state index contributed by atoms with van der Waals surface area (Å²) >= 11 is 0. The van der Waals surface area contributed by atoms with Crippen LogP contribution >= 0.6 is 0 Å². The molecule has 0 bridgehead atoms. The monoisotopic (exact) mass is 317 g/mol. The molecule has 23 heavy (non-hydrogen) atoms. The number of carbonyl (C=O) groups is 2. The second-order valence-electron chi connectivity index (χ2n) is 5.76. The number of likely N-dealkylation sites (tertiary alicyclic amines) is 1. The van der Waals surface area contributed by atoms with Crippen LogP contribution in [0.1, 0.15) is 45.9 Å². The Morgan fingerprint density at radius 3 is 2.43 bits per heavy atom. The number of rotatable bonds is 3. The minimum atomic E-state index is -1.21. The number of carboxylic acid groups (broad SMARTS) is 1. The number of aromatic carboxylic acids is 1. The molecule has 5 nitrogen and oxygen atoms in total. The van der Waals surface area contributed by atoms with Gasteiger partial charge in [-0.05, 0) is 43.2 Å². The van der Waals surface area contributed by atoms with E-state index in [4.69, 9.17) is 9.52 Å². The van der Waals surface area contributed by atoms with Crippen LogP contribution in [0.25, 0.3) is 0 Å². The van der Waals surface area contributed by atoms with E-state index in [0.29, 0.717) is 6.54 Å². The van der Waals surface area contributed by atoms with Crippen molar-refractivity contribution in [1.82, 2.24) is 4.90 Å². The van der Waals surface area contributed by atoms with Crippen LogP contribution in [0.5, 0.6) is 0 Å². The van der Waals surface area contributed by atoms with Crippen molar-refractivity contribution in [2.45, 2.75) is 25.3 Å². The van der Waals surface area contributed by atoms with E-state index in [9.17, 15) is 14.0 Å². The highest BCUT2D eigenvalue weighted by molar-refractivity contribution is 5.94. The maximum Gasteiger partial charge on any atom is 0.371 e. The van der Waals surface area contributed by atoms with Gasteiger partial charge in [0.15, 0.2) is 5.76 Å². The molecule has 0 spiro atoms. The quantitative estimate of drug-likeness (QED) is 0.944. The van der Waals surface area contributed by atoms with Gasteiger partial charge in [0.25, 0.3) is 5.91 Å². The van der Waals surface area contributed by atoms with Crippen molar-refractivity contribution < 1.29 is 23.5 Å². The van der Waals surface area contributed by atoms with Gasteiger partial charge >= 0.3 is 5.97 Å². The fourth-order valence-corrected chi connectivity index (χ4v) is 3.00. The molecular formula is C17H16FNO4. The van der Waals surface area contributed by atoms with Gasteiger partial charge in [-0.1, -0.05) is 12.1 Å². The maximum atomic E-state index is 13.0. The van der Waals surface area contributed by atoms with Crippen LogP contribution in [0.4, 0.5) is 4.39 Å². The predicted molar refractivity (Wildman–Crippen MR) is 79.9 cm³/mol. The Kier molecular flexibility index (Phi) is 3.90. The third-order valence-corrected chi connectivity index (χ3v) is 4.20. The Morgan fingerprint density at radius 2 is 1.83 bits per heavy atom. The Morgan fingerprint density at radius 1 is 1.17 bits per heavy atom. The molecule has 0 radical (unpaired) electrons. The van der Waals surface area contributed by atoms with Crippen LogP contribution in [0, 0.1) is 5.82 Å². The molecule has 1 N–H and O–H groups in total. The van der Waals surface area contributed by atoms with Crippen molar-refractivity contribution in [3.05, 3.63) is 59.3 Å². The maximum absolute atomic E-state index is 13.0. The van der Waals surface area contributed by atoms with Crippen molar-refractivity contribution in [3.63, 3.8) is 0 Å². The normalized spacial score (nSPS) is 20.7. The molecule has 1 saturated heterocycles. The lowest BCUT2D eigenvalue weighted by molar-refractivity contribution is 0.0648. The van der Waals surface area contributed by atoms with Crippen LogP contribution in [-0.4, -0.2) is 34.5 Å². The number of carbonyl (C=O) groups excluding carboxylic acids is 1. The first-order valence-electron chi connectivity index (χ1n) is 7.35. The van der Waals surface area contributed by atoms with E-state index in [-0.39, 0.29) is 35.2 Å². The first-order chi connectivity index (χ1) is 11.0. The molecule has 6 heteroatoms. The first-order valence-corrected chi connectivity index (χ1v) is 7.35. The van der Waals surface area contributed by atoms with Crippen molar-refractivity contribution in [1.29, 1.82) is 0 Å². The lowest BCUT2D eigenvalue weighted by Crippen LogP contribution is -2.33.